The molecule has 0 aromatic carbocycles. The molecule has 8 heteroatoms. The van der Waals surface area contributed by atoms with Crippen molar-refractivity contribution in [2.75, 3.05) is 0 Å². The molecule has 2 rings (SSSR count). The second-order valence-corrected chi connectivity index (χ2v) is 6.07. The van der Waals surface area contributed by atoms with Crippen molar-refractivity contribution in [1.82, 2.24) is 14.5 Å². The number of hydrogen-bond donors (Lipinski definition) is 2. The van der Waals surface area contributed by atoms with Crippen LogP contribution < -0.4 is 4.72 Å². The van der Waals surface area contributed by atoms with Crippen molar-refractivity contribution in [2.24, 2.45) is 7.05 Å². The third-order valence-electron chi connectivity index (χ3n) is 2.55. The summed E-state index contributed by atoms with van der Waals surface area (Å²) in [4.78, 5) is 11.1. The molecule has 1 aromatic rings. The zero-order valence-corrected chi connectivity index (χ0v) is 10.0. The van der Waals surface area contributed by atoms with E-state index in [1.165, 1.54) is 17.1 Å². The molecule has 2 N–H and O–H groups in total. The van der Waals surface area contributed by atoms with Gasteiger partial charge in [0.1, 0.15) is 6.04 Å². The van der Waals surface area contributed by atoms with E-state index in [1.807, 2.05) is 0 Å². The Bertz CT molecular complexity index is 532. The number of nitrogens with zero attached hydrogens (tertiary/aromatic N) is 2. The Balaban J connectivity index is 2.21. The fourth-order valence-corrected chi connectivity index (χ4v) is 3.00. The summed E-state index contributed by atoms with van der Waals surface area (Å²) < 4.78 is 27.0. The third kappa shape index (κ3) is 2.64. The van der Waals surface area contributed by atoms with Crippen LogP contribution in [0.5, 0.6) is 0 Å². The molecule has 1 unspecified atom stereocenters. The van der Waals surface area contributed by atoms with Gasteiger partial charge in [-0.2, -0.15) is 9.82 Å². The van der Waals surface area contributed by atoms with E-state index in [0.29, 0.717) is 18.4 Å². The number of aryl methyl sites for hydroxylation is 1. The Morgan fingerprint density at radius 1 is 1.65 bits per heavy atom. The van der Waals surface area contributed by atoms with E-state index >= 15 is 0 Å². The third-order valence-corrected chi connectivity index (χ3v) is 4.46. The quantitative estimate of drug-likeness (QED) is 0.751. The van der Waals surface area contributed by atoms with Crippen LogP contribution in [-0.2, 0) is 21.9 Å². The molecule has 1 atom stereocenters. The van der Waals surface area contributed by atoms with Gasteiger partial charge in [-0.3, -0.25) is 9.48 Å². The van der Waals surface area contributed by atoms with E-state index in [2.05, 4.69) is 9.82 Å². The van der Waals surface area contributed by atoms with E-state index in [4.69, 9.17) is 5.11 Å². The summed E-state index contributed by atoms with van der Waals surface area (Å²) >= 11 is 0. The molecule has 1 heterocycles. The molecule has 1 aliphatic rings. The molecular weight excluding hydrogens is 246 g/mol. The Hall–Kier alpha value is -1.41. The monoisotopic (exact) mass is 259 g/mol. The van der Waals surface area contributed by atoms with Gasteiger partial charge >= 0.3 is 5.97 Å². The van der Waals surface area contributed by atoms with E-state index in [0.717, 1.165) is 0 Å². The predicted octanol–water partition coefficient (Wildman–Crippen LogP) is -0.372. The normalized spacial score (nSPS) is 17.9. The molecule has 1 aromatic heterocycles. The van der Waals surface area contributed by atoms with Crippen LogP contribution in [0.3, 0.4) is 0 Å². The van der Waals surface area contributed by atoms with E-state index in [-0.39, 0.29) is 0 Å². The van der Waals surface area contributed by atoms with Crippen molar-refractivity contribution in [1.29, 1.82) is 0 Å². The summed E-state index contributed by atoms with van der Waals surface area (Å²) in [6.45, 7) is 0. The van der Waals surface area contributed by atoms with Crippen LogP contribution in [0.2, 0.25) is 0 Å². The number of sulfonamides is 1. The van der Waals surface area contributed by atoms with Gasteiger partial charge in [0.05, 0.1) is 11.4 Å². The van der Waals surface area contributed by atoms with Gasteiger partial charge in [0.15, 0.2) is 0 Å². The molecule has 7 nitrogen and oxygen atoms in total. The van der Waals surface area contributed by atoms with Crippen LogP contribution in [-0.4, -0.2) is 34.5 Å². The van der Waals surface area contributed by atoms with Gasteiger partial charge in [0.2, 0.25) is 10.0 Å². The van der Waals surface area contributed by atoms with Crippen LogP contribution >= 0.6 is 0 Å². The highest BCUT2D eigenvalue weighted by Crippen LogP contribution is 2.29. The maximum Gasteiger partial charge on any atom is 0.326 e. The molecule has 0 radical (unpaired) electrons. The number of nitrogens with one attached hydrogen (secondary N) is 1. The van der Waals surface area contributed by atoms with Gasteiger partial charge in [0.25, 0.3) is 0 Å². The van der Waals surface area contributed by atoms with Crippen molar-refractivity contribution in [3.63, 3.8) is 0 Å². The summed E-state index contributed by atoms with van der Waals surface area (Å²) in [6, 6.07) is -1.27. The second kappa shape index (κ2) is 4.11. The summed E-state index contributed by atoms with van der Waals surface area (Å²) in [6.07, 6.45) is 4.01. The fraction of sp³-hybridized carbons (Fsp3) is 0.556. The lowest BCUT2D eigenvalue weighted by Crippen LogP contribution is -2.35. The van der Waals surface area contributed by atoms with E-state index < -0.39 is 27.3 Å². The first kappa shape index (κ1) is 12.1. The van der Waals surface area contributed by atoms with Crippen LogP contribution in [0.1, 0.15) is 24.4 Å². The first-order valence-corrected chi connectivity index (χ1v) is 6.67. The number of carboxylic acids is 1. The summed E-state index contributed by atoms with van der Waals surface area (Å²) in [5.74, 6) is -1.23. The lowest BCUT2D eigenvalue weighted by atomic mass is 10.2. The van der Waals surface area contributed by atoms with Gasteiger partial charge in [-0.1, -0.05) is 0 Å². The minimum absolute atomic E-state index is 0.323. The Kier molecular flexibility index (Phi) is 2.92. The first-order valence-electron chi connectivity index (χ1n) is 5.12. The van der Waals surface area contributed by atoms with Crippen LogP contribution in [0.15, 0.2) is 12.4 Å². The molecule has 1 saturated carbocycles. The Morgan fingerprint density at radius 2 is 2.29 bits per heavy atom. The number of carbonyl (C=O) groups is 1. The molecule has 0 aliphatic heterocycles. The van der Waals surface area contributed by atoms with Crippen molar-refractivity contribution in [3.05, 3.63) is 18.0 Å². The average Bonchev–Trinajstić information content (AvgIpc) is 2.99. The minimum atomic E-state index is -3.54. The number of carboxylic acid groups (broad SMARTS) is 1. The number of aromatic nitrogens is 2. The number of aliphatic carboxylic acids is 1. The summed E-state index contributed by atoms with van der Waals surface area (Å²) in [5.41, 5.74) is 0.323. The molecule has 0 saturated heterocycles. The van der Waals surface area contributed by atoms with Gasteiger partial charge in [-0.15, -0.1) is 0 Å². The first-order chi connectivity index (χ1) is 7.90. The molecule has 17 heavy (non-hydrogen) atoms. The molecular formula is C9H13N3O4S. The lowest BCUT2D eigenvalue weighted by Gasteiger charge is -2.12. The van der Waals surface area contributed by atoms with Crippen molar-refractivity contribution >= 4 is 16.0 Å². The number of hydrogen-bond acceptors (Lipinski definition) is 4. The molecule has 0 spiro atoms. The highest BCUT2D eigenvalue weighted by atomic mass is 32.2. The summed E-state index contributed by atoms with van der Waals surface area (Å²) in [7, 11) is -1.90. The highest BCUT2D eigenvalue weighted by Gasteiger charge is 2.39. The van der Waals surface area contributed by atoms with Gasteiger partial charge in [-0.05, 0) is 12.8 Å². The largest absolute Gasteiger partial charge is 0.480 e. The Labute approximate surface area is 98.5 Å². The average molecular weight is 259 g/mol. The zero-order chi connectivity index (χ0) is 12.6. The molecule has 1 fully saturated rings. The van der Waals surface area contributed by atoms with Gasteiger partial charge in [0, 0.05) is 18.8 Å². The van der Waals surface area contributed by atoms with Crippen LogP contribution in [0.25, 0.3) is 0 Å². The predicted molar refractivity (Wildman–Crippen MR) is 58.7 cm³/mol. The molecule has 0 bridgehead atoms. The highest BCUT2D eigenvalue weighted by molar-refractivity contribution is 7.90. The minimum Gasteiger partial charge on any atom is -0.480 e. The fourth-order valence-electron chi connectivity index (χ4n) is 1.49. The molecule has 94 valence electrons. The lowest BCUT2D eigenvalue weighted by molar-refractivity contribution is -0.139. The number of rotatable bonds is 5. The second-order valence-electron chi connectivity index (χ2n) is 4.08. The van der Waals surface area contributed by atoms with E-state index in [1.54, 1.807) is 7.05 Å². The van der Waals surface area contributed by atoms with Crippen molar-refractivity contribution < 1.29 is 18.3 Å². The zero-order valence-electron chi connectivity index (χ0n) is 9.20. The standard InChI is InChI=1S/C9H13N3O4S/c1-12-5-6(4-10-12)8(9(13)14)11-17(15,16)7-2-3-7/h4-5,7-8,11H,2-3H2,1H3,(H,13,14). The van der Waals surface area contributed by atoms with Gasteiger partial charge in [-0.25, -0.2) is 8.42 Å². The van der Waals surface area contributed by atoms with Crippen molar-refractivity contribution in [2.45, 2.75) is 24.1 Å². The van der Waals surface area contributed by atoms with Gasteiger partial charge < -0.3 is 5.11 Å². The maximum absolute atomic E-state index is 11.7. The van der Waals surface area contributed by atoms with Crippen LogP contribution in [0.4, 0.5) is 0 Å². The smallest absolute Gasteiger partial charge is 0.326 e. The molecule has 0 amide bonds. The van der Waals surface area contributed by atoms with Crippen LogP contribution in [0, 0.1) is 0 Å². The van der Waals surface area contributed by atoms with E-state index in [9.17, 15) is 13.2 Å². The Morgan fingerprint density at radius 3 is 2.71 bits per heavy atom. The van der Waals surface area contributed by atoms with Crippen molar-refractivity contribution in [3.8, 4) is 0 Å². The SMILES string of the molecule is Cn1cc(C(NS(=O)(=O)C2CC2)C(=O)O)cn1. The molecule has 1 aliphatic carbocycles. The maximum atomic E-state index is 11.7. The topological polar surface area (TPSA) is 101 Å². The summed E-state index contributed by atoms with van der Waals surface area (Å²) in [5, 5.41) is 12.4.